The van der Waals surface area contributed by atoms with Crippen LogP contribution in [-0.2, 0) is 4.74 Å². The fraction of sp³-hybridized carbons (Fsp3) is 0.115. The highest BCUT2D eigenvalue weighted by Gasteiger charge is 2.16. The van der Waals surface area contributed by atoms with Crippen molar-refractivity contribution in [3.05, 3.63) is 358 Å². The van der Waals surface area contributed by atoms with E-state index in [-0.39, 0.29) is 5.97 Å². The van der Waals surface area contributed by atoms with Crippen molar-refractivity contribution in [2.75, 3.05) is 70.4 Å². The van der Waals surface area contributed by atoms with E-state index >= 15 is 0 Å². The molecule has 0 aliphatic rings. The van der Waals surface area contributed by atoms with Crippen molar-refractivity contribution in [2.45, 2.75) is 69.2 Å². The number of aromatic nitrogens is 12. The standard InChI is InChI=1S/C26H26N6O2.C24H24N6.C23H21ClN6.C23H22N6/c1-4-34-23(33)19-10-14-21(15-11-19)28-25-30-24(27-20-12-8-17(2)9-13-20)31-26(32-25)29-22-7-5-6-18(3)16-22;1-16-8-12-19(13-9-16)25-22-28-23(26-20-14-10-17(2)11-15-20)30-24(29-22)27-21-7-5-4-6-18(21)3;1-15-10-12-17(13-11-15)25-21-28-22(26-18-7-5-6-16(2)14-18)30-23(29-21)27-20-9-4-3-8-19(20)24;1-16-11-13-19(14-12-16)25-22-27-21(24-18-8-4-3-5-9-18)28-23(29-22)26-20-10-6-7-17(2)15-20/h5-16H,4H2,1-3H3,(H3,27,28,29,30,31,32);4-15H,1-3H3,(H3,25,26,27,28,29,30);3-14H,1-2H3,(H3,25,26,27,28,29,30);3-15H,1-2H3,(H3,24,25,26,27,28,29). The number of halogens is 1. The summed E-state index contributed by atoms with van der Waals surface area (Å²) in [4.78, 5) is 66.2. The maximum Gasteiger partial charge on any atom is 0.338 e. The molecule has 0 radical (unpaired) electrons. The lowest BCUT2D eigenvalue weighted by molar-refractivity contribution is 0.0526. The van der Waals surface area contributed by atoms with Gasteiger partial charge in [-0.2, -0.15) is 59.8 Å². The molecule has 12 N–H and O–H groups in total. The summed E-state index contributed by atoms with van der Waals surface area (Å²) in [6, 6.07) is 96.5. The molecule has 0 unspecified atom stereocenters. The molecule has 0 fully saturated rings. The molecule has 27 heteroatoms. The minimum Gasteiger partial charge on any atom is -0.462 e. The van der Waals surface area contributed by atoms with Crippen LogP contribution in [-0.4, -0.2) is 72.4 Å². The van der Waals surface area contributed by atoms with Crippen molar-refractivity contribution in [2.24, 2.45) is 0 Å². The van der Waals surface area contributed by atoms with Crippen LogP contribution in [0.3, 0.4) is 0 Å². The molecule has 12 aromatic carbocycles. The van der Waals surface area contributed by atoms with Crippen LogP contribution in [0.15, 0.2) is 297 Å². The highest BCUT2D eigenvalue weighted by molar-refractivity contribution is 6.33. The van der Waals surface area contributed by atoms with Gasteiger partial charge in [0.1, 0.15) is 0 Å². The third-order valence-corrected chi connectivity index (χ3v) is 18.4. The van der Waals surface area contributed by atoms with Gasteiger partial charge in [0.2, 0.25) is 71.4 Å². The number of esters is 1. The molecule has 16 rings (SSSR count). The van der Waals surface area contributed by atoms with Crippen LogP contribution < -0.4 is 63.8 Å². The van der Waals surface area contributed by atoms with E-state index in [1.807, 2.05) is 315 Å². The zero-order chi connectivity index (χ0) is 85.8. The molecule has 0 spiro atoms. The number of anilines is 24. The smallest absolute Gasteiger partial charge is 0.338 e. The number of aryl methyl sites for hydroxylation is 9. The van der Waals surface area contributed by atoms with Gasteiger partial charge in [0.25, 0.3) is 0 Å². The number of nitrogens with one attached hydrogen (secondary N) is 12. The van der Waals surface area contributed by atoms with E-state index in [1.165, 1.54) is 22.3 Å². The Bertz CT molecular complexity index is 6110. The molecule has 16 aromatic rings. The Hall–Kier alpha value is -16.0. The zero-order valence-corrected chi connectivity index (χ0v) is 70.3. The Balaban J connectivity index is 0.000000141. The van der Waals surface area contributed by atoms with Crippen molar-refractivity contribution in [1.82, 2.24) is 59.8 Å². The summed E-state index contributed by atoms with van der Waals surface area (Å²) >= 11 is 6.28. The van der Waals surface area contributed by atoms with Gasteiger partial charge in [-0.1, -0.05) is 185 Å². The summed E-state index contributed by atoms with van der Waals surface area (Å²) in [5.41, 5.74) is 21.4. The fourth-order valence-corrected chi connectivity index (χ4v) is 11.9. The number of benzene rings is 12. The van der Waals surface area contributed by atoms with E-state index in [9.17, 15) is 4.79 Å². The molecule has 0 aliphatic carbocycles. The van der Waals surface area contributed by atoms with Crippen LogP contribution in [0.5, 0.6) is 0 Å². The van der Waals surface area contributed by atoms with E-state index in [0.717, 1.165) is 90.4 Å². The van der Waals surface area contributed by atoms with Gasteiger partial charge in [0.15, 0.2) is 0 Å². The predicted molar refractivity (Wildman–Crippen MR) is 500 cm³/mol. The molecule has 0 saturated heterocycles. The van der Waals surface area contributed by atoms with E-state index in [0.29, 0.717) is 94.3 Å². The minimum atomic E-state index is -0.358. The maximum atomic E-state index is 11.9. The lowest BCUT2D eigenvalue weighted by Gasteiger charge is -2.13. The largest absolute Gasteiger partial charge is 0.462 e. The highest BCUT2D eigenvalue weighted by Crippen LogP contribution is 2.30. The number of hydrogen-bond donors (Lipinski definition) is 12. The minimum absolute atomic E-state index is 0.331. The second kappa shape index (κ2) is 41.9. The normalized spacial score (nSPS) is 10.5. The molecule has 616 valence electrons. The summed E-state index contributed by atoms with van der Waals surface area (Å²) in [5, 5.41) is 39.5. The van der Waals surface area contributed by atoms with E-state index in [4.69, 9.17) is 16.3 Å². The van der Waals surface area contributed by atoms with E-state index < -0.39 is 0 Å². The third-order valence-electron chi connectivity index (χ3n) is 18.1. The molecular weight excluding hydrogens is 1560 g/mol. The molecule has 26 nitrogen and oxygen atoms in total. The molecule has 0 atom stereocenters. The number of para-hydroxylation sites is 3. The second-order valence-electron chi connectivity index (χ2n) is 28.6. The Labute approximate surface area is 719 Å². The fourth-order valence-electron chi connectivity index (χ4n) is 11.8. The van der Waals surface area contributed by atoms with Gasteiger partial charge < -0.3 is 68.5 Å². The lowest BCUT2D eigenvalue weighted by atomic mass is 10.2. The van der Waals surface area contributed by atoms with Gasteiger partial charge in [-0.15, -0.1) is 0 Å². The Kier molecular flexibility index (Phi) is 29.0. The Morgan fingerprint density at radius 1 is 0.236 bits per heavy atom. The first kappa shape index (κ1) is 84.9. The van der Waals surface area contributed by atoms with Crippen LogP contribution in [0.2, 0.25) is 5.02 Å². The highest BCUT2D eigenvalue weighted by atomic mass is 35.5. The van der Waals surface area contributed by atoms with Crippen molar-refractivity contribution in [3.8, 4) is 0 Å². The van der Waals surface area contributed by atoms with Gasteiger partial charge in [-0.3, -0.25) is 0 Å². The summed E-state index contributed by atoms with van der Waals surface area (Å²) in [7, 11) is 0. The van der Waals surface area contributed by atoms with Crippen molar-refractivity contribution < 1.29 is 9.53 Å². The number of ether oxygens (including phenoxy) is 1. The van der Waals surface area contributed by atoms with Crippen LogP contribution >= 0.6 is 11.6 Å². The molecule has 0 bridgehead atoms. The van der Waals surface area contributed by atoms with Crippen LogP contribution in [0.1, 0.15) is 67.4 Å². The number of nitrogens with zero attached hydrogens (tertiary/aromatic N) is 12. The monoisotopic (exact) mass is 1650 g/mol. The van der Waals surface area contributed by atoms with Gasteiger partial charge >= 0.3 is 5.97 Å². The third kappa shape index (κ3) is 26.8. The summed E-state index contributed by atoms with van der Waals surface area (Å²) in [6.07, 6.45) is 0. The molecule has 0 saturated carbocycles. The van der Waals surface area contributed by atoms with Crippen LogP contribution in [0.25, 0.3) is 0 Å². The molecule has 123 heavy (non-hydrogen) atoms. The topological polar surface area (TPSA) is 325 Å². The van der Waals surface area contributed by atoms with Crippen molar-refractivity contribution >= 4 is 157 Å². The van der Waals surface area contributed by atoms with E-state index in [2.05, 4.69) is 144 Å². The summed E-state index contributed by atoms with van der Waals surface area (Å²) < 4.78 is 5.04. The molecular formula is C96H93ClN24O2. The van der Waals surface area contributed by atoms with Gasteiger partial charge in [0, 0.05) is 62.6 Å². The van der Waals surface area contributed by atoms with Gasteiger partial charge in [-0.25, -0.2) is 4.79 Å². The SMILES string of the molecule is CCOC(=O)c1ccc(Nc2nc(Nc3ccc(C)cc3)nc(Nc3cccc(C)c3)n2)cc1.Cc1ccc(Nc2nc(Nc3ccc(C)cc3)nc(Nc3ccccc3C)n2)cc1.Cc1ccc(Nc2nc(Nc3cccc(C)c3)nc(Nc3ccccc3Cl)n2)cc1.Cc1ccc(Nc2nc(Nc3ccccc3)nc(Nc3cccc(C)c3)n2)cc1. The first-order chi connectivity index (χ1) is 59.7. The molecule has 4 heterocycles. The number of carbonyl (C=O) groups excluding carboxylic acids is 1. The number of rotatable bonds is 26. The van der Waals surface area contributed by atoms with Gasteiger partial charge in [0.05, 0.1) is 22.9 Å². The average molecular weight is 1650 g/mol. The Morgan fingerprint density at radius 3 is 0.740 bits per heavy atom. The van der Waals surface area contributed by atoms with E-state index in [1.54, 1.807) is 31.2 Å². The van der Waals surface area contributed by atoms with Crippen LogP contribution in [0, 0.1) is 62.3 Å². The molecule has 4 aromatic heterocycles. The first-order valence-corrected chi connectivity index (χ1v) is 40.0. The molecule has 0 amide bonds. The first-order valence-electron chi connectivity index (χ1n) is 39.7. The second-order valence-corrected chi connectivity index (χ2v) is 29.0. The zero-order valence-electron chi connectivity index (χ0n) is 69.6. The predicted octanol–water partition coefficient (Wildman–Crippen LogP) is 24.0. The van der Waals surface area contributed by atoms with Gasteiger partial charge in [-0.05, 0) is 243 Å². The summed E-state index contributed by atoms with van der Waals surface area (Å²) in [5.74, 6) is 4.73. The lowest BCUT2D eigenvalue weighted by Crippen LogP contribution is -2.08. The maximum absolute atomic E-state index is 11.9. The van der Waals surface area contributed by atoms with Crippen molar-refractivity contribution in [3.63, 3.8) is 0 Å². The quantitative estimate of drug-likeness (QED) is 0.0224. The average Bonchev–Trinajstić information content (AvgIpc) is 0.852. The molecule has 0 aliphatic heterocycles. The van der Waals surface area contributed by atoms with Crippen molar-refractivity contribution in [1.29, 1.82) is 0 Å². The van der Waals surface area contributed by atoms with Crippen LogP contribution in [0.4, 0.5) is 140 Å². The number of carbonyl (C=O) groups is 1. The number of hydrogen-bond acceptors (Lipinski definition) is 26. The Morgan fingerprint density at radius 2 is 0.463 bits per heavy atom. The summed E-state index contributed by atoms with van der Waals surface area (Å²) in [6.45, 7) is 20.5.